The lowest BCUT2D eigenvalue weighted by Gasteiger charge is -1.97. The molecule has 0 aliphatic heterocycles. The van der Waals surface area contributed by atoms with Gasteiger partial charge in [0.05, 0.1) is 12.4 Å². The molecular formula is C8H6ClFN4. The predicted octanol–water partition coefficient (Wildman–Crippen LogP) is 1.67. The van der Waals surface area contributed by atoms with Crippen LogP contribution in [0.4, 0.5) is 4.39 Å². The van der Waals surface area contributed by atoms with Crippen LogP contribution < -0.4 is 0 Å². The van der Waals surface area contributed by atoms with E-state index in [9.17, 15) is 4.39 Å². The molecule has 0 radical (unpaired) electrons. The van der Waals surface area contributed by atoms with Gasteiger partial charge in [0.25, 0.3) is 0 Å². The van der Waals surface area contributed by atoms with E-state index in [-0.39, 0.29) is 11.0 Å². The molecule has 0 atom stereocenters. The third kappa shape index (κ3) is 1.58. The summed E-state index contributed by atoms with van der Waals surface area (Å²) in [6, 6.07) is 0. The largest absolute Gasteiger partial charge is 0.275 e. The second-order valence-electron chi connectivity index (χ2n) is 2.74. The Morgan fingerprint density at radius 1 is 1.43 bits per heavy atom. The zero-order valence-electron chi connectivity index (χ0n) is 7.28. The molecule has 2 rings (SSSR count). The first kappa shape index (κ1) is 9.08. The Balaban J connectivity index is 2.55. The molecule has 0 amide bonds. The van der Waals surface area contributed by atoms with Gasteiger partial charge in [-0.2, -0.15) is 5.10 Å². The van der Waals surface area contributed by atoms with Gasteiger partial charge in [-0.3, -0.25) is 4.68 Å². The quantitative estimate of drug-likeness (QED) is 0.676. The number of hydrogen-bond acceptors (Lipinski definition) is 3. The molecule has 0 aliphatic rings. The Bertz CT molecular complexity index is 468. The highest BCUT2D eigenvalue weighted by Crippen LogP contribution is 2.19. The van der Waals surface area contributed by atoms with Gasteiger partial charge in [0.2, 0.25) is 5.28 Å². The van der Waals surface area contributed by atoms with Gasteiger partial charge in [0.15, 0.2) is 5.82 Å². The molecule has 6 heteroatoms. The summed E-state index contributed by atoms with van der Waals surface area (Å²) < 4.78 is 14.8. The van der Waals surface area contributed by atoms with Crippen LogP contribution in [0, 0.1) is 5.82 Å². The first-order chi connectivity index (χ1) is 6.66. The van der Waals surface area contributed by atoms with Gasteiger partial charge in [0.1, 0.15) is 5.69 Å². The van der Waals surface area contributed by atoms with Crippen molar-refractivity contribution < 1.29 is 4.39 Å². The van der Waals surface area contributed by atoms with E-state index in [2.05, 4.69) is 15.1 Å². The molecule has 0 saturated carbocycles. The zero-order valence-corrected chi connectivity index (χ0v) is 8.03. The maximum Gasteiger partial charge on any atom is 0.223 e. The first-order valence-corrected chi connectivity index (χ1v) is 4.21. The molecule has 72 valence electrons. The Hall–Kier alpha value is -1.49. The minimum absolute atomic E-state index is 0.0188. The van der Waals surface area contributed by atoms with Crippen molar-refractivity contribution in [2.24, 2.45) is 7.05 Å². The molecule has 0 bridgehead atoms. The average molecular weight is 213 g/mol. The molecule has 0 saturated heterocycles. The summed E-state index contributed by atoms with van der Waals surface area (Å²) in [5.74, 6) is -0.512. The van der Waals surface area contributed by atoms with Crippen LogP contribution in [0.25, 0.3) is 11.3 Å². The molecule has 14 heavy (non-hydrogen) atoms. The Morgan fingerprint density at radius 2 is 2.21 bits per heavy atom. The van der Waals surface area contributed by atoms with Crippen molar-refractivity contribution in [3.63, 3.8) is 0 Å². The van der Waals surface area contributed by atoms with Crippen LogP contribution in [0.5, 0.6) is 0 Å². The smallest absolute Gasteiger partial charge is 0.223 e. The summed E-state index contributed by atoms with van der Waals surface area (Å²) in [5.41, 5.74) is 0.743. The number of aryl methyl sites for hydroxylation is 1. The maximum atomic E-state index is 13.2. The van der Waals surface area contributed by atoms with Crippen molar-refractivity contribution >= 4 is 11.6 Å². The molecule has 0 aromatic carbocycles. The lowest BCUT2D eigenvalue weighted by Crippen LogP contribution is -1.91. The lowest BCUT2D eigenvalue weighted by molar-refractivity contribution is 0.618. The van der Waals surface area contributed by atoms with Crippen LogP contribution in [-0.4, -0.2) is 19.7 Å². The Morgan fingerprint density at radius 3 is 2.86 bits per heavy atom. The predicted molar refractivity (Wildman–Crippen MR) is 49.2 cm³/mol. The normalized spacial score (nSPS) is 10.5. The van der Waals surface area contributed by atoms with Crippen LogP contribution in [0.15, 0.2) is 18.6 Å². The molecule has 2 heterocycles. The number of aromatic nitrogens is 4. The van der Waals surface area contributed by atoms with Crippen LogP contribution in [0.3, 0.4) is 0 Å². The van der Waals surface area contributed by atoms with Gasteiger partial charge in [-0.05, 0) is 11.6 Å². The number of rotatable bonds is 1. The fourth-order valence-corrected chi connectivity index (χ4v) is 1.22. The summed E-state index contributed by atoms with van der Waals surface area (Å²) in [6.45, 7) is 0. The van der Waals surface area contributed by atoms with E-state index in [1.165, 1.54) is 6.20 Å². The maximum absolute atomic E-state index is 13.2. The molecule has 0 N–H and O–H groups in total. The summed E-state index contributed by atoms with van der Waals surface area (Å²) in [6.07, 6.45) is 4.21. The van der Waals surface area contributed by atoms with E-state index in [1.54, 1.807) is 17.9 Å². The van der Waals surface area contributed by atoms with Crippen LogP contribution in [0.1, 0.15) is 0 Å². The number of nitrogens with zero attached hydrogens (tertiary/aromatic N) is 4. The Kier molecular flexibility index (Phi) is 2.17. The van der Waals surface area contributed by atoms with Gasteiger partial charge in [-0.25, -0.2) is 14.4 Å². The van der Waals surface area contributed by atoms with Gasteiger partial charge in [0, 0.05) is 18.8 Å². The minimum Gasteiger partial charge on any atom is -0.275 e. The molecule has 0 spiro atoms. The molecule has 4 nitrogen and oxygen atoms in total. The van der Waals surface area contributed by atoms with Crippen LogP contribution in [-0.2, 0) is 7.05 Å². The third-order valence-corrected chi connectivity index (χ3v) is 1.88. The van der Waals surface area contributed by atoms with Gasteiger partial charge in [-0.1, -0.05) is 0 Å². The van der Waals surface area contributed by atoms with E-state index in [1.807, 2.05) is 0 Å². The monoisotopic (exact) mass is 212 g/mol. The van der Waals surface area contributed by atoms with Crippen molar-refractivity contribution in [2.45, 2.75) is 0 Å². The topological polar surface area (TPSA) is 43.6 Å². The second kappa shape index (κ2) is 3.34. The molecular weight excluding hydrogens is 207 g/mol. The van der Waals surface area contributed by atoms with Gasteiger partial charge in [-0.15, -0.1) is 0 Å². The summed E-state index contributed by atoms with van der Waals surface area (Å²) in [7, 11) is 1.74. The van der Waals surface area contributed by atoms with E-state index in [0.717, 1.165) is 6.20 Å². The molecule has 2 aromatic heterocycles. The first-order valence-electron chi connectivity index (χ1n) is 3.84. The van der Waals surface area contributed by atoms with Crippen molar-refractivity contribution in [3.8, 4) is 11.3 Å². The summed E-state index contributed by atoms with van der Waals surface area (Å²) in [4.78, 5) is 7.31. The molecule has 0 unspecified atom stereocenters. The van der Waals surface area contributed by atoms with E-state index in [4.69, 9.17) is 11.6 Å². The molecule has 0 aliphatic carbocycles. The highest BCUT2D eigenvalue weighted by molar-refractivity contribution is 6.28. The Labute approximate surface area is 84.4 Å². The summed E-state index contributed by atoms with van der Waals surface area (Å²) in [5, 5.41) is 3.93. The van der Waals surface area contributed by atoms with Crippen molar-refractivity contribution in [1.82, 2.24) is 19.7 Å². The van der Waals surface area contributed by atoms with Gasteiger partial charge < -0.3 is 0 Å². The highest BCUT2D eigenvalue weighted by atomic mass is 35.5. The number of hydrogen-bond donors (Lipinski definition) is 0. The third-order valence-electron chi connectivity index (χ3n) is 1.69. The summed E-state index contributed by atoms with van der Waals surface area (Å²) >= 11 is 5.56. The van der Waals surface area contributed by atoms with Crippen LogP contribution >= 0.6 is 11.6 Å². The van der Waals surface area contributed by atoms with Gasteiger partial charge >= 0.3 is 0 Å². The fraction of sp³-hybridized carbons (Fsp3) is 0.125. The van der Waals surface area contributed by atoms with E-state index >= 15 is 0 Å². The SMILES string of the molecule is Cn1cc(-c2nc(Cl)ncc2F)cn1. The van der Waals surface area contributed by atoms with Crippen LogP contribution in [0.2, 0.25) is 5.28 Å². The minimum atomic E-state index is -0.512. The molecule has 2 aromatic rings. The average Bonchev–Trinajstić information content (AvgIpc) is 2.56. The fourth-order valence-electron chi connectivity index (χ4n) is 1.09. The highest BCUT2D eigenvalue weighted by Gasteiger charge is 2.09. The van der Waals surface area contributed by atoms with Crippen molar-refractivity contribution in [2.75, 3.05) is 0 Å². The van der Waals surface area contributed by atoms with Crippen molar-refractivity contribution in [1.29, 1.82) is 0 Å². The standard InChI is InChI=1S/C8H6ClFN4/c1-14-4-5(2-12-14)7-6(10)3-11-8(9)13-7/h2-4H,1H3. The van der Waals surface area contributed by atoms with E-state index < -0.39 is 5.82 Å². The van der Waals surface area contributed by atoms with E-state index in [0.29, 0.717) is 5.56 Å². The second-order valence-corrected chi connectivity index (χ2v) is 3.08. The zero-order chi connectivity index (χ0) is 10.1. The molecule has 0 fully saturated rings. The number of halogens is 2. The lowest BCUT2D eigenvalue weighted by atomic mass is 10.2. The van der Waals surface area contributed by atoms with Crippen molar-refractivity contribution in [3.05, 3.63) is 29.7 Å².